The molecule has 126 valence electrons. The third-order valence-electron chi connectivity index (χ3n) is 4.01. The van der Waals surface area contributed by atoms with E-state index in [1.54, 1.807) is 11.3 Å². The van der Waals surface area contributed by atoms with E-state index in [1.165, 1.54) is 4.70 Å². The van der Waals surface area contributed by atoms with Crippen LogP contribution in [0.1, 0.15) is 17.0 Å². The largest absolute Gasteiger partial charge is 0.270 e. The molecule has 2 aromatic heterocycles. The molecule has 0 saturated heterocycles. The molecule has 0 saturated carbocycles. The number of nitrogens with zero attached hydrogens (tertiary/aromatic N) is 4. The Labute approximate surface area is 155 Å². The van der Waals surface area contributed by atoms with Gasteiger partial charge in [0.25, 0.3) is 0 Å². The second-order valence-electron chi connectivity index (χ2n) is 5.82. The van der Waals surface area contributed by atoms with Crippen LogP contribution in [0.15, 0.2) is 60.8 Å². The number of nitriles is 1. The first-order chi connectivity index (χ1) is 12.8. The van der Waals surface area contributed by atoms with Crippen molar-refractivity contribution >= 4 is 33.7 Å². The van der Waals surface area contributed by atoms with Gasteiger partial charge in [-0.3, -0.25) is 4.68 Å². The van der Waals surface area contributed by atoms with Crippen LogP contribution in [0.2, 0.25) is 0 Å². The van der Waals surface area contributed by atoms with Gasteiger partial charge >= 0.3 is 0 Å². The third-order valence-corrected chi connectivity index (χ3v) is 5.01. The number of fused-ring (bicyclic) bond motifs is 1. The number of hydrogen-bond acceptors (Lipinski definition) is 4. The summed E-state index contributed by atoms with van der Waals surface area (Å²) < 4.78 is 3.02. The molecule has 0 N–H and O–H groups in total. The average molecular weight is 356 g/mol. The number of hydrogen-bond donors (Lipinski definition) is 0. The van der Waals surface area contributed by atoms with E-state index in [2.05, 4.69) is 28.3 Å². The molecule has 2 aromatic carbocycles. The van der Waals surface area contributed by atoms with E-state index >= 15 is 0 Å². The van der Waals surface area contributed by atoms with Gasteiger partial charge in [0.2, 0.25) is 0 Å². The first-order valence-electron chi connectivity index (χ1n) is 8.37. The van der Waals surface area contributed by atoms with Gasteiger partial charge in [0.15, 0.2) is 0 Å². The van der Waals surface area contributed by atoms with Crippen LogP contribution < -0.4 is 0 Å². The fourth-order valence-corrected chi connectivity index (χ4v) is 3.65. The van der Waals surface area contributed by atoms with Crippen molar-refractivity contribution in [1.82, 2.24) is 14.8 Å². The molecule has 0 unspecified atom stereocenters. The van der Waals surface area contributed by atoms with E-state index in [1.807, 2.05) is 65.5 Å². The van der Waals surface area contributed by atoms with E-state index in [0.29, 0.717) is 13.0 Å². The molecule has 4 nitrogen and oxygen atoms in total. The van der Waals surface area contributed by atoms with Gasteiger partial charge in [-0.25, -0.2) is 4.98 Å². The highest BCUT2D eigenvalue weighted by molar-refractivity contribution is 7.19. The van der Waals surface area contributed by atoms with E-state index in [4.69, 9.17) is 5.26 Å². The van der Waals surface area contributed by atoms with Crippen molar-refractivity contribution in [3.8, 4) is 17.3 Å². The van der Waals surface area contributed by atoms with Gasteiger partial charge in [0, 0.05) is 17.3 Å². The maximum absolute atomic E-state index is 8.83. The third kappa shape index (κ3) is 3.41. The zero-order valence-electron chi connectivity index (χ0n) is 14.0. The fourth-order valence-electron chi connectivity index (χ4n) is 2.78. The number of para-hydroxylation sites is 1. The van der Waals surface area contributed by atoms with Crippen LogP contribution in [-0.2, 0) is 6.54 Å². The Morgan fingerprint density at radius 1 is 1.04 bits per heavy atom. The van der Waals surface area contributed by atoms with Crippen LogP contribution in [0, 0.1) is 11.3 Å². The summed E-state index contributed by atoms with van der Waals surface area (Å²) in [5.41, 5.74) is 4.02. The molecule has 4 aromatic rings. The molecule has 0 spiro atoms. The predicted molar refractivity (Wildman–Crippen MR) is 106 cm³/mol. The van der Waals surface area contributed by atoms with Crippen molar-refractivity contribution in [2.75, 3.05) is 0 Å². The van der Waals surface area contributed by atoms with Gasteiger partial charge in [-0.15, -0.1) is 11.3 Å². The highest BCUT2D eigenvalue weighted by Gasteiger charge is 2.09. The highest BCUT2D eigenvalue weighted by Crippen LogP contribution is 2.26. The first kappa shape index (κ1) is 16.2. The summed E-state index contributed by atoms with van der Waals surface area (Å²) in [5, 5.41) is 14.5. The van der Waals surface area contributed by atoms with E-state index in [9.17, 15) is 0 Å². The van der Waals surface area contributed by atoms with Crippen LogP contribution >= 0.6 is 11.3 Å². The second-order valence-corrected chi connectivity index (χ2v) is 6.89. The summed E-state index contributed by atoms with van der Waals surface area (Å²) >= 11 is 1.67. The minimum atomic E-state index is 0.441. The van der Waals surface area contributed by atoms with E-state index < -0.39 is 0 Å². The Morgan fingerprint density at radius 3 is 2.65 bits per heavy atom. The summed E-state index contributed by atoms with van der Waals surface area (Å²) in [4.78, 5) is 4.65. The minimum absolute atomic E-state index is 0.441. The van der Waals surface area contributed by atoms with Crippen LogP contribution in [0.25, 0.3) is 33.6 Å². The molecule has 0 fully saturated rings. The van der Waals surface area contributed by atoms with Gasteiger partial charge in [0.1, 0.15) is 5.01 Å². The van der Waals surface area contributed by atoms with Gasteiger partial charge in [-0.2, -0.15) is 10.4 Å². The van der Waals surface area contributed by atoms with Gasteiger partial charge < -0.3 is 0 Å². The topological polar surface area (TPSA) is 54.5 Å². The Bertz CT molecular complexity index is 1070. The SMILES string of the molecule is N#CCCn1cc(/C=C/c2nc3ccccc3s2)c(-c2ccccc2)n1. The number of aryl methyl sites for hydroxylation is 1. The Kier molecular flexibility index (Phi) is 4.59. The quantitative estimate of drug-likeness (QED) is 0.491. The fraction of sp³-hybridized carbons (Fsp3) is 0.0952. The zero-order chi connectivity index (χ0) is 17.8. The van der Waals surface area contributed by atoms with E-state index in [-0.39, 0.29) is 0 Å². The summed E-state index contributed by atoms with van der Waals surface area (Å²) in [6.07, 6.45) is 6.51. The standard InChI is InChI=1S/C21H16N4S/c22-13-6-14-25-15-17(21(24-25)16-7-2-1-3-8-16)11-12-20-23-18-9-4-5-10-19(18)26-20/h1-5,7-12,15H,6,14H2/b12-11+. The van der Waals surface area contributed by atoms with Gasteiger partial charge in [-0.05, 0) is 24.3 Å². The lowest BCUT2D eigenvalue weighted by Gasteiger charge is -1.98. The Morgan fingerprint density at radius 2 is 1.85 bits per heavy atom. The van der Waals surface area contributed by atoms with Crippen molar-refractivity contribution in [2.24, 2.45) is 0 Å². The van der Waals surface area contributed by atoms with Crippen molar-refractivity contribution in [2.45, 2.75) is 13.0 Å². The van der Waals surface area contributed by atoms with Crippen LogP contribution in [-0.4, -0.2) is 14.8 Å². The molecule has 0 aliphatic carbocycles. The average Bonchev–Trinajstić information content (AvgIpc) is 3.29. The molecule has 0 aliphatic rings. The smallest absolute Gasteiger partial charge is 0.117 e. The zero-order valence-corrected chi connectivity index (χ0v) is 14.9. The minimum Gasteiger partial charge on any atom is -0.270 e. The molecule has 0 atom stereocenters. The maximum Gasteiger partial charge on any atom is 0.117 e. The molecular formula is C21H16N4S. The normalized spacial score (nSPS) is 11.2. The Hall–Kier alpha value is -3.23. The molecular weight excluding hydrogens is 340 g/mol. The molecule has 0 amide bonds. The van der Waals surface area contributed by atoms with Crippen LogP contribution in [0.3, 0.4) is 0 Å². The summed E-state index contributed by atoms with van der Waals surface area (Å²) in [6, 6.07) is 20.4. The van der Waals surface area contributed by atoms with Crippen molar-refractivity contribution in [1.29, 1.82) is 5.26 Å². The van der Waals surface area contributed by atoms with Gasteiger partial charge in [-0.1, -0.05) is 42.5 Å². The molecule has 4 rings (SSSR count). The highest BCUT2D eigenvalue weighted by atomic mass is 32.1. The van der Waals surface area contributed by atoms with E-state index in [0.717, 1.165) is 27.3 Å². The Balaban J connectivity index is 1.70. The lowest BCUT2D eigenvalue weighted by atomic mass is 10.1. The number of rotatable bonds is 5. The number of thiazole rings is 1. The van der Waals surface area contributed by atoms with Crippen molar-refractivity contribution in [3.63, 3.8) is 0 Å². The van der Waals surface area contributed by atoms with Crippen molar-refractivity contribution < 1.29 is 0 Å². The number of benzene rings is 2. The molecule has 2 heterocycles. The molecule has 0 bridgehead atoms. The maximum atomic E-state index is 8.83. The lowest BCUT2D eigenvalue weighted by Crippen LogP contribution is -1.97. The summed E-state index contributed by atoms with van der Waals surface area (Å²) in [5.74, 6) is 0. The first-order valence-corrected chi connectivity index (χ1v) is 9.18. The van der Waals surface area contributed by atoms with Crippen LogP contribution in [0.5, 0.6) is 0 Å². The molecule has 0 radical (unpaired) electrons. The molecule has 0 aliphatic heterocycles. The summed E-state index contributed by atoms with van der Waals surface area (Å²) in [6.45, 7) is 0.589. The predicted octanol–water partition coefficient (Wildman–Crippen LogP) is 5.24. The second kappa shape index (κ2) is 7.34. The molecule has 5 heteroatoms. The molecule has 26 heavy (non-hydrogen) atoms. The van der Waals surface area contributed by atoms with Gasteiger partial charge in [0.05, 0.1) is 34.9 Å². The monoisotopic (exact) mass is 356 g/mol. The van der Waals surface area contributed by atoms with Crippen LogP contribution in [0.4, 0.5) is 0 Å². The summed E-state index contributed by atoms with van der Waals surface area (Å²) in [7, 11) is 0. The number of aromatic nitrogens is 3. The lowest BCUT2D eigenvalue weighted by molar-refractivity contribution is 0.629. The van der Waals surface area contributed by atoms with Crippen molar-refractivity contribution in [3.05, 3.63) is 71.4 Å².